The molecule has 0 amide bonds. The Morgan fingerprint density at radius 3 is 2.52 bits per heavy atom. The lowest BCUT2D eigenvalue weighted by molar-refractivity contribution is 0.0730. The number of ether oxygens (including phenoxy) is 2. The summed E-state index contributed by atoms with van der Waals surface area (Å²) in [7, 11) is -1.84. The molecule has 1 aliphatic heterocycles. The van der Waals surface area contributed by atoms with Gasteiger partial charge in [-0.25, -0.2) is 8.42 Å². The van der Waals surface area contributed by atoms with E-state index in [2.05, 4.69) is 10.6 Å². The molecule has 9 heteroatoms. The number of rotatable bonds is 7. The zero-order valence-corrected chi connectivity index (χ0v) is 17.9. The van der Waals surface area contributed by atoms with E-state index in [-0.39, 0.29) is 4.90 Å². The van der Waals surface area contributed by atoms with E-state index in [0.717, 1.165) is 23.4 Å². The van der Waals surface area contributed by atoms with Gasteiger partial charge in [-0.05, 0) is 54.5 Å². The van der Waals surface area contributed by atoms with Crippen LogP contribution in [0, 0.1) is 0 Å². The minimum Gasteiger partial charge on any atom is -0.496 e. The maximum Gasteiger partial charge on any atom is 0.243 e. The summed E-state index contributed by atoms with van der Waals surface area (Å²) in [6.07, 6.45) is 0.766. The van der Waals surface area contributed by atoms with Gasteiger partial charge in [-0.3, -0.25) is 0 Å². The van der Waals surface area contributed by atoms with E-state index < -0.39 is 10.0 Å². The van der Waals surface area contributed by atoms with Crippen molar-refractivity contribution in [3.8, 4) is 5.75 Å². The van der Waals surface area contributed by atoms with Crippen molar-refractivity contribution in [3.05, 3.63) is 54.1 Å². The Balaban J connectivity index is 1.52. The van der Waals surface area contributed by atoms with Gasteiger partial charge in [0, 0.05) is 25.3 Å². The number of hydrogen-bond donors (Lipinski definition) is 2. The van der Waals surface area contributed by atoms with Gasteiger partial charge in [0.1, 0.15) is 5.75 Å². The molecule has 2 N–H and O–H groups in total. The second-order valence-electron chi connectivity index (χ2n) is 6.48. The molecule has 2 aromatic rings. The van der Waals surface area contributed by atoms with Crippen LogP contribution in [-0.2, 0) is 21.2 Å². The lowest BCUT2D eigenvalue weighted by Crippen LogP contribution is -2.40. The van der Waals surface area contributed by atoms with Gasteiger partial charge in [0.2, 0.25) is 10.0 Å². The van der Waals surface area contributed by atoms with Crippen LogP contribution in [0.1, 0.15) is 5.56 Å². The van der Waals surface area contributed by atoms with Crippen molar-refractivity contribution in [2.75, 3.05) is 45.3 Å². The number of nitrogens with one attached hydrogen (secondary N) is 2. The molecule has 0 saturated carbocycles. The van der Waals surface area contributed by atoms with Gasteiger partial charge in [-0.1, -0.05) is 18.2 Å². The summed E-state index contributed by atoms with van der Waals surface area (Å²) >= 11 is 5.33. The molecule has 1 aliphatic rings. The third-order valence-electron chi connectivity index (χ3n) is 4.59. The predicted octanol–water partition coefficient (Wildman–Crippen LogP) is 2.25. The van der Waals surface area contributed by atoms with Gasteiger partial charge in [0.05, 0.1) is 25.2 Å². The summed E-state index contributed by atoms with van der Waals surface area (Å²) in [5.74, 6) is 0.852. The quantitative estimate of drug-likeness (QED) is 0.646. The molecule has 0 spiro atoms. The lowest BCUT2D eigenvalue weighted by atomic mass is 10.1. The zero-order valence-electron chi connectivity index (χ0n) is 16.3. The topological polar surface area (TPSA) is 79.9 Å². The Hall–Kier alpha value is -2.20. The number of anilines is 1. The molecule has 7 nitrogen and oxygen atoms in total. The van der Waals surface area contributed by atoms with Crippen molar-refractivity contribution in [1.82, 2.24) is 9.62 Å². The second-order valence-corrected chi connectivity index (χ2v) is 8.83. The maximum absolute atomic E-state index is 12.7. The Kier molecular flexibility index (Phi) is 7.43. The highest BCUT2D eigenvalue weighted by atomic mass is 32.2. The fraction of sp³-hybridized carbons (Fsp3) is 0.350. The van der Waals surface area contributed by atoms with Crippen LogP contribution in [0.3, 0.4) is 0 Å². The molecule has 3 rings (SSSR count). The molecule has 0 aliphatic carbocycles. The fourth-order valence-corrected chi connectivity index (χ4v) is 4.67. The maximum atomic E-state index is 12.7. The summed E-state index contributed by atoms with van der Waals surface area (Å²) in [5.41, 5.74) is 1.82. The monoisotopic (exact) mass is 435 g/mol. The Morgan fingerprint density at radius 2 is 1.83 bits per heavy atom. The minimum atomic E-state index is -3.49. The Bertz CT molecular complexity index is 927. The molecule has 29 heavy (non-hydrogen) atoms. The molecule has 0 unspecified atom stereocenters. The number of hydrogen-bond acceptors (Lipinski definition) is 5. The highest BCUT2D eigenvalue weighted by molar-refractivity contribution is 7.89. The highest BCUT2D eigenvalue weighted by Crippen LogP contribution is 2.20. The summed E-state index contributed by atoms with van der Waals surface area (Å²) in [5, 5.41) is 6.70. The van der Waals surface area contributed by atoms with E-state index in [1.165, 1.54) is 4.31 Å². The average molecular weight is 436 g/mol. The lowest BCUT2D eigenvalue weighted by Gasteiger charge is -2.26. The van der Waals surface area contributed by atoms with Crippen LogP contribution in [0.25, 0.3) is 0 Å². The molecule has 1 saturated heterocycles. The van der Waals surface area contributed by atoms with Crippen LogP contribution in [0.15, 0.2) is 53.4 Å². The van der Waals surface area contributed by atoms with Gasteiger partial charge in [0.15, 0.2) is 5.11 Å². The summed E-state index contributed by atoms with van der Waals surface area (Å²) in [4.78, 5) is 0.264. The molecule has 1 fully saturated rings. The highest BCUT2D eigenvalue weighted by Gasteiger charge is 2.26. The number of benzene rings is 2. The molecular weight excluding hydrogens is 410 g/mol. The number of methoxy groups -OCH3 is 1. The first kappa shape index (κ1) is 21.5. The van der Waals surface area contributed by atoms with Gasteiger partial charge in [-0.2, -0.15) is 4.31 Å². The number of thiocarbonyl (C=S) groups is 1. The Labute approximate surface area is 177 Å². The first-order valence-electron chi connectivity index (χ1n) is 9.35. The predicted molar refractivity (Wildman–Crippen MR) is 117 cm³/mol. The van der Waals surface area contributed by atoms with Gasteiger partial charge in [0.25, 0.3) is 0 Å². The van der Waals surface area contributed by atoms with Crippen LogP contribution in [0.4, 0.5) is 5.69 Å². The third-order valence-corrected chi connectivity index (χ3v) is 6.75. The molecule has 156 valence electrons. The minimum absolute atomic E-state index is 0.264. The van der Waals surface area contributed by atoms with Crippen molar-refractivity contribution >= 4 is 33.0 Å². The van der Waals surface area contributed by atoms with Crippen molar-refractivity contribution in [2.24, 2.45) is 0 Å². The van der Waals surface area contributed by atoms with E-state index >= 15 is 0 Å². The number of sulfonamides is 1. The van der Waals surface area contributed by atoms with Crippen LogP contribution < -0.4 is 15.4 Å². The smallest absolute Gasteiger partial charge is 0.243 e. The van der Waals surface area contributed by atoms with E-state index in [1.807, 2.05) is 24.3 Å². The molecule has 0 radical (unpaired) electrons. The van der Waals surface area contributed by atoms with Crippen LogP contribution in [-0.4, -0.2) is 57.8 Å². The van der Waals surface area contributed by atoms with E-state index in [1.54, 1.807) is 31.4 Å². The van der Waals surface area contributed by atoms with Gasteiger partial charge >= 0.3 is 0 Å². The normalized spacial score (nSPS) is 14.9. The van der Waals surface area contributed by atoms with Crippen molar-refractivity contribution < 1.29 is 17.9 Å². The Morgan fingerprint density at radius 1 is 1.14 bits per heavy atom. The molecule has 0 aromatic heterocycles. The second kappa shape index (κ2) is 10.0. The van der Waals surface area contributed by atoms with Crippen LogP contribution >= 0.6 is 12.2 Å². The van der Waals surface area contributed by atoms with Crippen molar-refractivity contribution in [3.63, 3.8) is 0 Å². The number of para-hydroxylation sites is 1. The third kappa shape index (κ3) is 5.66. The average Bonchev–Trinajstić information content (AvgIpc) is 2.75. The van der Waals surface area contributed by atoms with E-state index in [4.69, 9.17) is 21.7 Å². The van der Waals surface area contributed by atoms with Crippen LogP contribution in [0.5, 0.6) is 5.75 Å². The van der Waals surface area contributed by atoms with Gasteiger partial charge < -0.3 is 20.1 Å². The SMILES string of the molecule is COc1ccccc1CCNC(=S)Nc1ccc(S(=O)(=O)N2CCOCC2)cc1. The standard InChI is InChI=1S/C20H25N3O4S2/c1-26-19-5-3-2-4-16(19)10-11-21-20(28)22-17-6-8-18(9-7-17)29(24,25)23-12-14-27-15-13-23/h2-9H,10-15H2,1H3,(H2,21,22,28). The van der Waals surface area contributed by atoms with Crippen molar-refractivity contribution in [2.45, 2.75) is 11.3 Å². The first-order valence-corrected chi connectivity index (χ1v) is 11.2. The fourth-order valence-electron chi connectivity index (χ4n) is 3.04. The largest absolute Gasteiger partial charge is 0.496 e. The summed E-state index contributed by atoms with van der Waals surface area (Å²) in [6.45, 7) is 2.25. The zero-order chi connectivity index (χ0) is 20.7. The van der Waals surface area contributed by atoms with E-state index in [0.29, 0.717) is 38.0 Å². The van der Waals surface area contributed by atoms with Crippen molar-refractivity contribution in [1.29, 1.82) is 0 Å². The molecule has 2 aromatic carbocycles. The van der Waals surface area contributed by atoms with Gasteiger partial charge in [-0.15, -0.1) is 0 Å². The van der Waals surface area contributed by atoms with E-state index in [9.17, 15) is 8.42 Å². The summed E-state index contributed by atoms with van der Waals surface area (Å²) in [6, 6.07) is 14.5. The number of nitrogens with zero attached hydrogens (tertiary/aromatic N) is 1. The molecule has 0 bridgehead atoms. The summed E-state index contributed by atoms with van der Waals surface area (Å²) < 4.78 is 37.3. The molecular formula is C20H25N3O4S2. The van der Waals surface area contributed by atoms with Crippen LogP contribution in [0.2, 0.25) is 0 Å². The molecule has 1 heterocycles. The molecule has 0 atom stereocenters. The number of morpholine rings is 1. The first-order chi connectivity index (χ1) is 14.0.